The van der Waals surface area contributed by atoms with Crippen LogP contribution in [0.4, 0.5) is 4.39 Å². The summed E-state index contributed by atoms with van der Waals surface area (Å²) >= 11 is 0. The van der Waals surface area contributed by atoms with Crippen LogP contribution in [0.3, 0.4) is 0 Å². The van der Waals surface area contributed by atoms with Gasteiger partial charge < -0.3 is 4.74 Å². The molecule has 1 aromatic carbocycles. The van der Waals surface area contributed by atoms with Crippen LogP contribution in [0, 0.1) is 11.7 Å². The molecule has 7 heteroatoms. The Bertz CT molecular complexity index is 544. The summed E-state index contributed by atoms with van der Waals surface area (Å²) in [5, 5.41) is 0. The first-order valence-electron chi connectivity index (χ1n) is 5.63. The van der Waals surface area contributed by atoms with Crippen molar-refractivity contribution in [3.63, 3.8) is 0 Å². The Kier molecular flexibility index (Phi) is 5.44. The molecule has 0 amide bonds. The zero-order chi connectivity index (χ0) is 14.5. The van der Waals surface area contributed by atoms with Crippen LogP contribution in [-0.2, 0) is 25.3 Å². The zero-order valence-corrected chi connectivity index (χ0v) is 11.5. The van der Waals surface area contributed by atoms with Gasteiger partial charge in [-0.05, 0) is 17.7 Å². The van der Waals surface area contributed by atoms with E-state index in [4.69, 9.17) is 0 Å². The van der Waals surface area contributed by atoms with Crippen molar-refractivity contribution in [3.8, 4) is 0 Å². The monoisotopic (exact) mass is 289 g/mol. The van der Waals surface area contributed by atoms with Crippen molar-refractivity contribution >= 4 is 16.0 Å². The number of benzene rings is 1. The summed E-state index contributed by atoms with van der Waals surface area (Å²) < 4.78 is 43.2. The van der Waals surface area contributed by atoms with Crippen LogP contribution in [0.25, 0.3) is 0 Å². The second kappa shape index (κ2) is 6.63. The summed E-state index contributed by atoms with van der Waals surface area (Å²) in [4.78, 5) is 11.1. The van der Waals surface area contributed by atoms with E-state index in [9.17, 15) is 17.6 Å². The summed E-state index contributed by atoms with van der Waals surface area (Å²) in [7, 11) is -2.38. The normalized spacial score (nSPS) is 13.0. The number of sulfonamides is 1. The quantitative estimate of drug-likeness (QED) is 0.795. The van der Waals surface area contributed by atoms with E-state index in [1.807, 2.05) is 0 Å². The first-order valence-corrected chi connectivity index (χ1v) is 7.29. The molecule has 1 rings (SSSR count). The second-order valence-corrected chi connectivity index (χ2v) is 5.97. The van der Waals surface area contributed by atoms with Crippen LogP contribution >= 0.6 is 0 Å². The van der Waals surface area contributed by atoms with Gasteiger partial charge in [0.2, 0.25) is 10.0 Å². The van der Waals surface area contributed by atoms with Gasteiger partial charge in [-0.15, -0.1) is 0 Å². The molecule has 0 heterocycles. The Labute approximate surface area is 111 Å². The molecule has 0 aliphatic rings. The molecule has 0 unspecified atom stereocenters. The van der Waals surface area contributed by atoms with Gasteiger partial charge in [0.15, 0.2) is 0 Å². The van der Waals surface area contributed by atoms with E-state index in [1.54, 1.807) is 6.92 Å². The maximum atomic E-state index is 12.9. The molecule has 0 spiro atoms. The predicted molar refractivity (Wildman–Crippen MR) is 68.2 cm³/mol. The van der Waals surface area contributed by atoms with Crippen molar-refractivity contribution in [2.24, 2.45) is 5.92 Å². The third-order valence-corrected chi connectivity index (χ3v) is 3.78. The van der Waals surface area contributed by atoms with Gasteiger partial charge in [-0.1, -0.05) is 19.1 Å². The fraction of sp³-hybridized carbons (Fsp3) is 0.417. The summed E-state index contributed by atoms with van der Waals surface area (Å²) in [6, 6.07) is 5.36. The summed E-state index contributed by atoms with van der Waals surface area (Å²) in [5.41, 5.74) is 0.346. The number of halogens is 1. The molecule has 1 N–H and O–H groups in total. The number of carbonyl (C=O) groups is 1. The Morgan fingerprint density at radius 1 is 1.47 bits per heavy atom. The van der Waals surface area contributed by atoms with Gasteiger partial charge in [-0.3, -0.25) is 4.79 Å². The van der Waals surface area contributed by atoms with Crippen LogP contribution < -0.4 is 4.72 Å². The van der Waals surface area contributed by atoms with Crippen LogP contribution in [0.2, 0.25) is 0 Å². The number of carbonyl (C=O) groups excluding carboxylic acids is 1. The molecule has 0 aromatic heterocycles. The van der Waals surface area contributed by atoms with Gasteiger partial charge in [-0.25, -0.2) is 17.5 Å². The average molecular weight is 289 g/mol. The molecule has 5 nitrogen and oxygen atoms in total. The lowest BCUT2D eigenvalue weighted by Gasteiger charge is -2.11. The maximum absolute atomic E-state index is 12.9. The minimum atomic E-state index is -3.61. The average Bonchev–Trinajstić information content (AvgIpc) is 2.34. The van der Waals surface area contributed by atoms with Crippen molar-refractivity contribution in [1.82, 2.24) is 4.72 Å². The van der Waals surface area contributed by atoms with Gasteiger partial charge in [0.1, 0.15) is 5.82 Å². The molecule has 106 valence electrons. The Morgan fingerprint density at radius 2 is 2.16 bits per heavy atom. The molecule has 0 fully saturated rings. The summed E-state index contributed by atoms with van der Waals surface area (Å²) in [6.07, 6.45) is 0. The molecular weight excluding hydrogens is 273 g/mol. The molecule has 0 aliphatic heterocycles. The zero-order valence-electron chi connectivity index (χ0n) is 10.7. The highest BCUT2D eigenvalue weighted by Crippen LogP contribution is 2.08. The van der Waals surface area contributed by atoms with E-state index in [-0.39, 0.29) is 12.3 Å². The van der Waals surface area contributed by atoms with E-state index in [2.05, 4.69) is 9.46 Å². The molecule has 0 bridgehead atoms. The van der Waals surface area contributed by atoms with Gasteiger partial charge in [-0.2, -0.15) is 0 Å². The minimum absolute atomic E-state index is 0.0513. The standard InChI is InChI=1S/C12H16FNO4S/c1-9(12(15)18-2)7-14-19(16,17)8-10-4-3-5-11(13)6-10/h3-6,9,14H,7-8H2,1-2H3/t9-/m0/s1. The van der Waals surface area contributed by atoms with Crippen LogP contribution in [0.5, 0.6) is 0 Å². The lowest BCUT2D eigenvalue weighted by atomic mass is 10.2. The Morgan fingerprint density at radius 3 is 2.74 bits per heavy atom. The van der Waals surface area contributed by atoms with Gasteiger partial charge in [0.25, 0.3) is 0 Å². The molecule has 0 saturated heterocycles. The highest BCUT2D eigenvalue weighted by Gasteiger charge is 2.17. The number of methoxy groups -OCH3 is 1. The predicted octanol–water partition coefficient (Wildman–Crippen LogP) is 1.05. The second-order valence-electron chi connectivity index (χ2n) is 4.16. The number of hydrogen-bond acceptors (Lipinski definition) is 4. The lowest BCUT2D eigenvalue weighted by molar-refractivity contribution is -0.144. The van der Waals surface area contributed by atoms with E-state index in [0.717, 1.165) is 6.07 Å². The fourth-order valence-corrected chi connectivity index (χ4v) is 2.66. The lowest BCUT2D eigenvalue weighted by Crippen LogP contribution is -2.32. The number of ether oxygens (including phenoxy) is 1. The highest BCUT2D eigenvalue weighted by molar-refractivity contribution is 7.88. The largest absolute Gasteiger partial charge is 0.469 e. The fourth-order valence-electron chi connectivity index (χ4n) is 1.43. The molecule has 0 aliphatic carbocycles. The van der Waals surface area contributed by atoms with Gasteiger partial charge in [0.05, 0.1) is 18.8 Å². The van der Waals surface area contributed by atoms with Crippen LogP contribution in [0.1, 0.15) is 12.5 Å². The van der Waals surface area contributed by atoms with E-state index in [0.29, 0.717) is 5.56 Å². The summed E-state index contributed by atoms with van der Waals surface area (Å²) in [6.45, 7) is 1.50. The summed E-state index contributed by atoms with van der Waals surface area (Å²) in [5.74, 6) is -1.89. The van der Waals surface area contributed by atoms with E-state index >= 15 is 0 Å². The van der Waals surface area contributed by atoms with Crippen molar-refractivity contribution in [3.05, 3.63) is 35.6 Å². The Hall–Kier alpha value is -1.47. The number of hydrogen-bond donors (Lipinski definition) is 1. The first-order chi connectivity index (χ1) is 8.84. The Balaban J connectivity index is 2.60. The molecule has 0 saturated carbocycles. The molecule has 19 heavy (non-hydrogen) atoms. The first kappa shape index (κ1) is 15.6. The van der Waals surface area contributed by atoms with Crippen molar-refractivity contribution in [2.45, 2.75) is 12.7 Å². The van der Waals surface area contributed by atoms with Gasteiger partial charge in [0, 0.05) is 6.54 Å². The van der Waals surface area contributed by atoms with E-state index < -0.39 is 27.7 Å². The van der Waals surface area contributed by atoms with Crippen LogP contribution in [0.15, 0.2) is 24.3 Å². The smallest absolute Gasteiger partial charge is 0.309 e. The third kappa shape index (κ3) is 5.35. The van der Waals surface area contributed by atoms with Crippen LogP contribution in [-0.4, -0.2) is 28.0 Å². The molecule has 0 radical (unpaired) electrons. The van der Waals surface area contributed by atoms with Crippen molar-refractivity contribution in [1.29, 1.82) is 0 Å². The molecular formula is C12H16FNO4S. The minimum Gasteiger partial charge on any atom is -0.469 e. The SMILES string of the molecule is COC(=O)[C@@H](C)CNS(=O)(=O)Cc1cccc(F)c1. The highest BCUT2D eigenvalue weighted by atomic mass is 32.2. The number of rotatable bonds is 6. The number of nitrogens with one attached hydrogen (secondary N) is 1. The van der Waals surface area contributed by atoms with Crippen molar-refractivity contribution < 1.29 is 22.3 Å². The van der Waals surface area contributed by atoms with Crippen molar-refractivity contribution in [2.75, 3.05) is 13.7 Å². The number of esters is 1. The van der Waals surface area contributed by atoms with E-state index in [1.165, 1.54) is 25.3 Å². The van der Waals surface area contributed by atoms with Gasteiger partial charge >= 0.3 is 5.97 Å². The molecule has 1 atom stereocenters. The maximum Gasteiger partial charge on any atom is 0.309 e. The topological polar surface area (TPSA) is 72.5 Å². The molecule has 1 aromatic rings. The third-order valence-electron chi connectivity index (χ3n) is 2.46.